The van der Waals surface area contributed by atoms with Crippen LogP contribution in [0.3, 0.4) is 0 Å². The molecule has 3 rings (SSSR count). The Balaban J connectivity index is 1.58. The van der Waals surface area contributed by atoms with Gasteiger partial charge in [0, 0.05) is 37.7 Å². The summed E-state index contributed by atoms with van der Waals surface area (Å²) in [7, 11) is 0. The molecule has 6 heteroatoms. The van der Waals surface area contributed by atoms with Crippen LogP contribution < -0.4 is 0 Å². The van der Waals surface area contributed by atoms with E-state index in [0.29, 0.717) is 26.2 Å². The fourth-order valence-electron chi connectivity index (χ4n) is 3.22. The van der Waals surface area contributed by atoms with Gasteiger partial charge in [-0.2, -0.15) is 0 Å². The van der Waals surface area contributed by atoms with Crippen LogP contribution in [0.2, 0.25) is 0 Å². The molecule has 1 unspecified atom stereocenters. The monoisotopic (exact) mass is 334 g/mol. The molecule has 1 saturated heterocycles. The Morgan fingerprint density at radius 2 is 1.67 bits per heavy atom. The van der Waals surface area contributed by atoms with Gasteiger partial charge in [-0.05, 0) is 37.5 Å². The second kappa shape index (κ2) is 7.11. The number of hydrogen-bond acceptors (Lipinski definition) is 2. The summed E-state index contributed by atoms with van der Waals surface area (Å²) >= 11 is 0. The summed E-state index contributed by atoms with van der Waals surface area (Å²) in [5, 5.41) is 0. The second-order valence-electron chi connectivity index (χ2n) is 6.23. The summed E-state index contributed by atoms with van der Waals surface area (Å²) < 4.78 is 26.2. The maximum Gasteiger partial charge on any atom is 0.254 e. The Morgan fingerprint density at radius 3 is 2.29 bits per heavy atom. The maximum absolute atomic E-state index is 13.3. The third kappa shape index (κ3) is 3.47. The Bertz CT molecular complexity index is 667. The van der Waals surface area contributed by atoms with Gasteiger partial charge in [-0.15, -0.1) is 0 Å². The summed E-state index contributed by atoms with van der Waals surface area (Å²) in [5.74, 6) is -2.13. The normalized spacial score (nSPS) is 21.0. The molecule has 0 saturated carbocycles. The van der Waals surface area contributed by atoms with Crippen LogP contribution in [0.4, 0.5) is 8.78 Å². The van der Waals surface area contributed by atoms with Crippen LogP contribution in [-0.4, -0.2) is 47.8 Å². The summed E-state index contributed by atoms with van der Waals surface area (Å²) in [6, 6.07) is 3.16. The smallest absolute Gasteiger partial charge is 0.254 e. The van der Waals surface area contributed by atoms with Crippen LogP contribution in [-0.2, 0) is 4.79 Å². The van der Waals surface area contributed by atoms with E-state index in [1.165, 1.54) is 6.07 Å². The van der Waals surface area contributed by atoms with Crippen molar-refractivity contribution in [2.75, 3.05) is 26.2 Å². The maximum atomic E-state index is 13.3. The van der Waals surface area contributed by atoms with Gasteiger partial charge >= 0.3 is 0 Å². The SMILES string of the molecule is O=C(c1ccc(F)c(F)c1)N1CCN(C(=O)C2CC=CCC2)CC1. The molecule has 0 radical (unpaired) electrons. The van der Waals surface area contributed by atoms with Crippen molar-refractivity contribution in [1.29, 1.82) is 0 Å². The molecule has 1 aromatic rings. The van der Waals surface area contributed by atoms with E-state index in [-0.39, 0.29) is 23.3 Å². The fraction of sp³-hybridized carbons (Fsp3) is 0.444. The van der Waals surface area contributed by atoms with Crippen molar-refractivity contribution in [1.82, 2.24) is 9.80 Å². The minimum Gasteiger partial charge on any atom is -0.339 e. The minimum absolute atomic E-state index is 0.0449. The zero-order chi connectivity index (χ0) is 17.1. The van der Waals surface area contributed by atoms with E-state index in [1.54, 1.807) is 9.80 Å². The highest BCUT2D eigenvalue weighted by molar-refractivity contribution is 5.94. The number of halogens is 2. The first-order chi connectivity index (χ1) is 11.6. The van der Waals surface area contributed by atoms with Crippen molar-refractivity contribution in [2.24, 2.45) is 5.92 Å². The number of amides is 2. The largest absolute Gasteiger partial charge is 0.339 e. The number of allylic oxidation sites excluding steroid dienone is 2. The van der Waals surface area contributed by atoms with Gasteiger partial charge < -0.3 is 9.80 Å². The molecule has 24 heavy (non-hydrogen) atoms. The van der Waals surface area contributed by atoms with Crippen molar-refractivity contribution in [3.63, 3.8) is 0 Å². The number of nitrogens with zero attached hydrogens (tertiary/aromatic N) is 2. The van der Waals surface area contributed by atoms with E-state index in [1.807, 2.05) is 0 Å². The number of piperazine rings is 1. The topological polar surface area (TPSA) is 40.6 Å². The van der Waals surface area contributed by atoms with Crippen molar-refractivity contribution >= 4 is 11.8 Å². The molecule has 128 valence electrons. The van der Waals surface area contributed by atoms with Crippen molar-refractivity contribution in [3.05, 3.63) is 47.5 Å². The Kier molecular flexibility index (Phi) is 4.92. The van der Waals surface area contributed by atoms with Gasteiger partial charge in [0.2, 0.25) is 5.91 Å². The Hall–Kier alpha value is -2.24. The molecule has 0 spiro atoms. The number of rotatable bonds is 2. The number of benzene rings is 1. The highest BCUT2D eigenvalue weighted by atomic mass is 19.2. The summed E-state index contributed by atoms with van der Waals surface area (Å²) in [5.41, 5.74) is 0.131. The lowest BCUT2D eigenvalue weighted by Gasteiger charge is -2.36. The van der Waals surface area contributed by atoms with E-state index in [9.17, 15) is 18.4 Å². The molecule has 1 atom stereocenters. The molecular weight excluding hydrogens is 314 g/mol. The highest BCUT2D eigenvalue weighted by Gasteiger charge is 2.29. The molecule has 0 N–H and O–H groups in total. The lowest BCUT2D eigenvalue weighted by molar-refractivity contribution is -0.137. The molecule has 1 aliphatic heterocycles. The molecule has 1 aromatic carbocycles. The summed E-state index contributed by atoms with van der Waals surface area (Å²) in [4.78, 5) is 28.2. The lowest BCUT2D eigenvalue weighted by atomic mass is 9.93. The van der Waals surface area contributed by atoms with Crippen LogP contribution in [0.15, 0.2) is 30.4 Å². The van der Waals surface area contributed by atoms with Crippen LogP contribution in [0, 0.1) is 17.6 Å². The van der Waals surface area contributed by atoms with Gasteiger partial charge in [-0.25, -0.2) is 8.78 Å². The second-order valence-corrected chi connectivity index (χ2v) is 6.23. The first-order valence-electron chi connectivity index (χ1n) is 8.24. The molecule has 0 bridgehead atoms. The standard InChI is InChI=1S/C18H20F2N2O2/c19-15-7-6-14(12-16(15)20)18(24)22-10-8-21(9-11-22)17(23)13-4-2-1-3-5-13/h1-2,6-7,12-13H,3-5,8-11H2. The third-order valence-corrected chi connectivity index (χ3v) is 4.66. The quantitative estimate of drug-likeness (QED) is 0.780. The van der Waals surface area contributed by atoms with Crippen LogP contribution in [0.25, 0.3) is 0 Å². The molecule has 2 aliphatic rings. The van der Waals surface area contributed by atoms with Gasteiger partial charge in [0.25, 0.3) is 5.91 Å². The first kappa shape index (κ1) is 16.6. The van der Waals surface area contributed by atoms with Crippen LogP contribution in [0.5, 0.6) is 0 Å². The average molecular weight is 334 g/mol. The number of carbonyl (C=O) groups excluding carboxylic acids is 2. The summed E-state index contributed by atoms with van der Waals surface area (Å²) in [6.45, 7) is 1.78. The molecule has 2 amide bonds. The number of hydrogen-bond donors (Lipinski definition) is 0. The van der Waals surface area contributed by atoms with E-state index >= 15 is 0 Å². The molecule has 4 nitrogen and oxygen atoms in total. The molecule has 1 heterocycles. The lowest BCUT2D eigenvalue weighted by Crippen LogP contribution is -2.52. The zero-order valence-electron chi connectivity index (χ0n) is 13.4. The Morgan fingerprint density at radius 1 is 0.958 bits per heavy atom. The van der Waals surface area contributed by atoms with E-state index in [2.05, 4.69) is 12.2 Å². The van der Waals surface area contributed by atoms with E-state index < -0.39 is 11.6 Å². The fourth-order valence-corrected chi connectivity index (χ4v) is 3.22. The highest BCUT2D eigenvalue weighted by Crippen LogP contribution is 2.21. The van der Waals surface area contributed by atoms with Crippen molar-refractivity contribution < 1.29 is 18.4 Å². The molecule has 0 aromatic heterocycles. The van der Waals surface area contributed by atoms with Crippen LogP contribution >= 0.6 is 0 Å². The van der Waals surface area contributed by atoms with Crippen molar-refractivity contribution in [3.8, 4) is 0 Å². The van der Waals surface area contributed by atoms with Gasteiger partial charge in [0.1, 0.15) is 0 Å². The molecule has 1 fully saturated rings. The van der Waals surface area contributed by atoms with Gasteiger partial charge in [0.15, 0.2) is 11.6 Å². The Labute approximate surface area is 139 Å². The molecular formula is C18H20F2N2O2. The van der Waals surface area contributed by atoms with E-state index in [4.69, 9.17) is 0 Å². The first-order valence-corrected chi connectivity index (χ1v) is 8.24. The molecule has 1 aliphatic carbocycles. The minimum atomic E-state index is -1.03. The zero-order valence-corrected chi connectivity index (χ0v) is 13.4. The number of carbonyl (C=O) groups is 2. The van der Waals surface area contributed by atoms with Gasteiger partial charge in [-0.1, -0.05) is 12.2 Å². The predicted molar refractivity (Wildman–Crippen MR) is 85.3 cm³/mol. The average Bonchev–Trinajstić information content (AvgIpc) is 2.63. The summed E-state index contributed by atoms with van der Waals surface area (Å²) in [6.07, 6.45) is 6.75. The van der Waals surface area contributed by atoms with E-state index in [0.717, 1.165) is 31.4 Å². The van der Waals surface area contributed by atoms with Gasteiger partial charge in [0.05, 0.1) is 0 Å². The van der Waals surface area contributed by atoms with Crippen molar-refractivity contribution in [2.45, 2.75) is 19.3 Å². The van der Waals surface area contributed by atoms with Gasteiger partial charge in [-0.3, -0.25) is 9.59 Å². The third-order valence-electron chi connectivity index (χ3n) is 4.66. The predicted octanol–water partition coefficient (Wildman–Crippen LogP) is 2.61. The van der Waals surface area contributed by atoms with Crippen LogP contribution in [0.1, 0.15) is 29.6 Å².